The van der Waals surface area contributed by atoms with Gasteiger partial charge in [-0.2, -0.15) is 4.98 Å². The summed E-state index contributed by atoms with van der Waals surface area (Å²) in [4.78, 5) is 20.7. The molecule has 4 heterocycles. The molecule has 1 saturated heterocycles. The fourth-order valence-electron chi connectivity index (χ4n) is 5.31. The fraction of sp³-hybridized carbons (Fsp3) is 0.500. The number of hydrogen-bond acceptors (Lipinski definition) is 8. The van der Waals surface area contributed by atoms with Crippen LogP contribution in [0.5, 0.6) is 5.75 Å². The second kappa shape index (κ2) is 9.37. The first-order chi connectivity index (χ1) is 17.1. The molecule has 6 rings (SSSR count). The van der Waals surface area contributed by atoms with E-state index in [1.54, 1.807) is 12.4 Å². The van der Waals surface area contributed by atoms with E-state index in [0.717, 1.165) is 98.1 Å². The van der Waals surface area contributed by atoms with Gasteiger partial charge in [0.15, 0.2) is 5.82 Å². The van der Waals surface area contributed by atoms with Crippen LogP contribution in [0.3, 0.4) is 0 Å². The van der Waals surface area contributed by atoms with E-state index in [1.165, 1.54) is 0 Å². The second-order valence-corrected chi connectivity index (χ2v) is 9.71. The minimum atomic E-state index is 0.178. The van der Waals surface area contributed by atoms with Gasteiger partial charge in [0.2, 0.25) is 0 Å². The zero-order chi connectivity index (χ0) is 23.8. The molecule has 2 fully saturated rings. The highest BCUT2D eigenvalue weighted by Gasteiger charge is 2.25. The van der Waals surface area contributed by atoms with Crippen LogP contribution in [0.25, 0.3) is 16.8 Å². The van der Waals surface area contributed by atoms with Gasteiger partial charge < -0.3 is 14.4 Å². The lowest BCUT2D eigenvalue weighted by atomic mass is 9.85. The highest BCUT2D eigenvalue weighted by atomic mass is 16.5. The van der Waals surface area contributed by atoms with Crippen molar-refractivity contribution in [3.63, 3.8) is 0 Å². The highest BCUT2D eigenvalue weighted by molar-refractivity contribution is 5.85. The Morgan fingerprint density at radius 2 is 1.77 bits per heavy atom. The summed E-state index contributed by atoms with van der Waals surface area (Å²) < 4.78 is 13.9. The molecule has 0 bridgehead atoms. The van der Waals surface area contributed by atoms with Gasteiger partial charge in [0.1, 0.15) is 11.3 Å². The molecule has 35 heavy (non-hydrogen) atoms. The van der Waals surface area contributed by atoms with E-state index < -0.39 is 0 Å². The van der Waals surface area contributed by atoms with E-state index in [-0.39, 0.29) is 6.10 Å². The molecule has 1 aliphatic heterocycles. The van der Waals surface area contributed by atoms with Crippen molar-refractivity contribution < 1.29 is 9.47 Å². The van der Waals surface area contributed by atoms with Crippen molar-refractivity contribution in [3.05, 3.63) is 47.8 Å². The summed E-state index contributed by atoms with van der Waals surface area (Å²) in [5.74, 6) is 2.97. The quantitative estimate of drug-likeness (QED) is 0.433. The molecule has 1 saturated carbocycles. The van der Waals surface area contributed by atoms with Gasteiger partial charge in [-0.05, 0) is 57.6 Å². The molecule has 0 unspecified atom stereocenters. The fourth-order valence-corrected chi connectivity index (χ4v) is 5.31. The standard InChI is InChI=1S/C26H31N7O2/c1-17-13-18(2)33-26(29-17)30-24(31-33)14-19-3-5-21(6-4-19)35-23-16-20(32-9-11-34-12-10-32)15-22-25(23)28-8-7-27-22/h7-8,13,15-16,19,21H,3-6,9-12,14H2,1-2H3. The van der Waals surface area contributed by atoms with Crippen molar-refractivity contribution in [1.29, 1.82) is 0 Å². The third-order valence-corrected chi connectivity index (χ3v) is 7.12. The molecule has 9 heteroatoms. The largest absolute Gasteiger partial charge is 0.488 e. The number of morpholine rings is 1. The minimum Gasteiger partial charge on any atom is -0.488 e. The lowest BCUT2D eigenvalue weighted by Crippen LogP contribution is -2.36. The van der Waals surface area contributed by atoms with Crippen molar-refractivity contribution in [1.82, 2.24) is 29.5 Å². The first-order valence-electron chi connectivity index (χ1n) is 12.6. The maximum absolute atomic E-state index is 6.57. The molecule has 9 nitrogen and oxygen atoms in total. The second-order valence-electron chi connectivity index (χ2n) is 9.71. The molecule has 3 aromatic heterocycles. The first kappa shape index (κ1) is 22.2. The summed E-state index contributed by atoms with van der Waals surface area (Å²) in [6, 6.07) is 6.28. The van der Waals surface area contributed by atoms with Crippen molar-refractivity contribution in [2.75, 3.05) is 31.2 Å². The Bertz CT molecular complexity index is 1340. The molecular weight excluding hydrogens is 442 g/mol. The summed E-state index contributed by atoms with van der Waals surface area (Å²) in [7, 11) is 0. The molecule has 4 aromatic rings. The van der Waals surface area contributed by atoms with Crippen LogP contribution in [0.15, 0.2) is 30.6 Å². The number of aryl methyl sites for hydroxylation is 2. The Morgan fingerprint density at radius 3 is 2.60 bits per heavy atom. The summed E-state index contributed by atoms with van der Waals surface area (Å²) in [5, 5.41) is 4.71. The number of benzene rings is 1. The van der Waals surface area contributed by atoms with Crippen LogP contribution in [0.2, 0.25) is 0 Å². The van der Waals surface area contributed by atoms with Gasteiger partial charge in [-0.25, -0.2) is 14.5 Å². The van der Waals surface area contributed by atoms with Gasteiger partial charge in [-0.3, -0.25) is 4.98 Å². The number of rotatable bonds is 5. The Hall–Kier alpha value is -3.33. The third kappa shape index (κ3) is 4.65. The lowest BCUT2D eigenvalue weighted by molar-refractivity contribution is 0.122. The number of hydrogen-bond donors (Lipinski definition) is 0. The van der Waals surface area contributed by atoms with Crippen LogP contribution in [-0.4, -0.2) is 62.0 Å². The van der Waals surface area contributed by atoms with Crippen LogP contribution in [0.4, 0.5) is 5.69 Å². The SMILES string of the molecule is Cc1cc(C)n2nc(CC3CCC(Oc4cc(N5CCOCC5)cc5nccnc45)CC3)nc2n1. The molecule has 0 N–H and O–H groups in total. The van der Waals surface area contributed by atoms with Crippen LogP contribution < -0.4 is 9.64 Å². The monoisotopic (exact) mass is 473 g/mol. The van der Waals surface area contributed by atoms with Crippen LogP contribution in [0.1, 0.15) is 42.9 Å². The Balaban J connectivity index is 1.14. The molecule has 0 radical (unpaired) electrons. The molecule has 0 atom stereocenters. The molecular formula is C26H31N7O2. The van der Waals surface area contributed by atoms with Gasteiger partial charge in [0.05, 0.1) is 24.8 Å². The van der Waals surface area contributed by atoms with Crippen molar-refractivity contribution in [2.45, 2.75) is 52.1 Å². The Kier molecular flexibility index (Phi) is 5.93. The topological polar surface area (TPSA) is 90.6 Å². The number of fused-ring (bicyclic) bond motifs is 2. The average Bonchev–Trinajstić information content (AvgIpc) is 3.28. The van der Waals surface area contributed by atoms with Crippen LogP contribution in [-0.2, 0) is 11.2 Å². The average molecular weight is 474 g/mol. The molecule has 1 aliphatic carbocycles. The lowest BCUT2D eigenvalue weighted by Gasteiger charge is -2.31. The first-order valence-corrected chi connectivity index (χ1v) is 12.6. The van der Waals surface area contributed by atoms with Gasteiger partial charge in [0, 0.05) is 55.0 Å². The maximum atomic E-state index is 6.57. The Morgan fingerprint density at radius 1 is 0.971 bits per heavy atom. The molecule has 0 spiro atoms. The highest BCUT2D eigenvalue weighted by Crippen LogP contribution is 2.34. The smallest absolute Gasteiger partial charge is 0.252 e. The van der Waals surface area contributed by atoms with E-state index in [2.05, 4.69) is 37.0 Å². The van der Waals surface area contributed by atoms with E-state index in [9.17, 15) is 0 Å². The van der Waals surface area contributed by atoms with Gasteiger partial charge in [-0.1, -0.05) is 0 Å². The zero-order valence-corrected chi connectivity index (χ0v) is 20.4. The number of aromatic nitrogens is 6. The number of ether oxygens (including phenoxy) is 2. The van der Waals surface area contributed by atoms with Crippen molar-refractivity contribution in [3.8, 4) is 5.75 Å². The number of anilines is 1. The van der Waals surface area contributed by atoms with Gasteiger partial charge in [-0.15, -0.1) is 5.10 Å². The van der Waals surface area contributed by atoms with E-state index in [4.69, 9.17) is 14.6 Å². The predicted molar refractivity (Wildman–Crippen MR) is 133 cm³/mol. The normalized spacial score (nSPS) is 21.0. The predicted octanol–water partition coefficient (Wildman–Crippen LogP) is 3.70. The molecule has 182 valence electrons. The van der Waals surface area contributed by atoms with E-state index in [1.807, 2.05) is 24.4 Å². The summed E-state index contributed by atoms with van der Waals surface area (Å²) in [6.07, 6.45) is 8.76. The molecule has 2 aliphatic rings. The summed E-state index contributed by atoms with van der Waals surface area (Å²) >= 11 is 0. The maximum Gasteiger partial charge on any atom is 0.252 e. The molecule has 0 amide bonds. The van der Waals surface area contributed by atoms with Crippen LogP contribution >= 0.6 is 0 Å². The summed E-state index contributed by atoms with van der Waals surface area (Å²) in [5.41, 5.74) is 4.87. The third-order valence-electron chi connectivity index (χ3n) is 7.12. The number of nitrogens with zero attached hydrogens (tertiary/aromatic N) is 7. The van der Waals surface area contributed by atoms with Crippen molar-refractivity contribution >= 4 is 22.5 Å². The molecule has 1 aromatic carbocycles. The van der Waals surface area contributed by atoms with Crippen LogP contribution in [0, 0.1) is 19.8 Å². The minimum absolute atomic E-state index is 0.178. The van der Waals surface area contributed by atoms with Gasteiger partial charge in [0.25, 0.3) is 5.78 Å². The zero-order valence-electron chi connectivity index (χ0n) is 20.4. The Labute approximate surface area is 204 Å². The van der Waals surface area contributed by atoms with E-state index >= 15 is 0 Å². The summed E-state index contributed by atoms with van der Waals surface area (Å²) in [6.45, 7) is 7.28. The van der Waals surface area contributed by atoms with Crippen molar-refractivity contribution in [2.24, 2.45) is 5.92 Å². The van der Waals surface area contributed by atoms with E-state index in [0.29, 0.717) is 11.7 Å². The van der Waals surface area contributed by atoms with Gasteiger partial charge >= 0.3 is 0 Å².